The number of hydrogen-bond donors (Lipinski definition) is 1. The van der Waals surface area contributed by atoms with Gasteiger partial charge in [-0.25, -0.2) is 4.79 Å². The molecule has 1 aromatic rings. The van der Waals surface area contributed by atoms with Gasteiger partial charge in [0.1, 0.15) is 0 Å². The van der Waals surface area contributed by atoms with Crippen molar-refractivity contribution in [1.82, 2.24) is 4.90 Å². The fourth-order valence-electron chi connectivity index (χ4n) is 2.88. The largest absolute Gasteiger partial charge is 0.478 e. The first-order valence-corrected chi connectivity index (χ1v) is 8.29. The standard InChI is InChI=1S/C16H23NO2S/c1-2-17(14-6-4-3-5-7-14)11-15-10-13(12-20-15)8-9-16(18)19/h8-10,12,14H,2-7,11H2,1H3,(H,18,19). The van der Waals surface area contributed by atoms with Crippen molar-refractivity contribution in [2.24, 2.45) is 0 Å². The maximum Gasteiger partial charge on any atom is 0.328 e. The van der Waals surface area contributed by atoms with Gasteiger partial charge >= 0.3 is 5.97 Å². The molecule has 0 bridgehead atoms. The minimum Gasteiger partial charge on any atom is -0.478 e. The lowest BCUT2D eigenvalue weighted by Crippen LogP contribution is -2.35. The van der Waals surface area contributed by atoms with E-state index in [1.807, 2.05) is 5.38 Å². The van der Waals surface area contributed by atoms with E-state index in [-0.39, 0.29) is 0 Å². The fourth-order valence-corrected chi connectivity index (χ4v) is 3.76. The number of nitrogens with zero attached hydrogens (tertiary/aromatic N) is 1. The summed E-state index contributed by atoms with van der Waals surface area (Å²) >= 11 is 1.72. The topological polar surface area (TPSA) is 40.5 Å². The predicted molar refractivity (Wildman–Crippen MR) is 83.9 cm³/mol. The van der Waals surface area contributed by atoms with Gasteiger partial charge in [-0.05, 0) is 42.5 Å². The van der Waals surface area contributed by atoms with E-state index >= 15 is 0 Å². The Kier molecular flexibility index (Phi) is 5.80. The summed E-state index contributed by atoms with van der Waals surface area (Å²) in [6, 6.07) is 2.84. The van der Waals surface area contributed by atoms with Crippen LogP contribution in [0.15, 0.2) is 17.5 Å². The fraction of sp³-hybridized carbons (Fsp3) is 0.562. The highest BCUT2D eigenvalue weighted by molar-refractivity contribution is 7.10. The van der Waals surface area contributed by atoms with Crippen molar-refractivity contribution in [3.63, 3.8) is 0 Å². The van der Waals surface area contributed by atoms with E-state index in [1.165, 1.54) is 43.1 Å². The highest BCUT2D eigenvalue weighted by atomic mass is 32.1. The van der Waals surface area contributed by atoms with Crippen LogP contribution in [-0.2, 0) is 11.3 Å². The zero-order valence-electron chi connectivity index (χ0n) is 12.0. The Morgan fingerprint density at radius 1 is 1.45 bits per heavy atom. The SMILES string of the molecule is CCN(Cc1cc(C=CC(=O)O)cs1)C1CCCCC1. The summed E-state index contributed by atoms with van der Waals surface area (Å²) < 4.78 is 0. The van der Waals surface area contributed by atoms with Crippen LogP contribution >= 0.6 is 11.3 Å². The van der Waals surface area contributed by atoms with Crippen LogP contribution in [0.1, 0.15) is 49.5 Å². The molecule has 0 spiro atoms. The number of rotatable bonds is 6. The van der Waals surface area contributed by atoms with Crippen molar-refractivity contribution >= 4 is 23.4 Å². The van der Waals surface area contributed by atoms with Crippen LogP contribution in [0.5, 0.6) is 0 Å². The molecule has 1 saturated carbocycles. The number of hydrogen-bond acceptors (Lipinski definition) is 3. The van der Waals surface area contributed by atoms with Crippen molar-refractivity contribution in [2.45, 2.75) is 51.6 Å². The molecular formula is C16H23NO2S. The van der Waals surface area contributed by atoms with Gasteiger partial charge in [-0.2, -0.15) is 0 Å². The van der Waals surface area contributed by atoms with Crippen LogP contribution in [0.3, 0.4) is 0 Å². The van der Waals surface area contributed by atoms with Gasteiger partial charge in [-0.15, -0.1) is 11.3 Å². The number of carboxylic acids is 1. The monoisotopic (exact) mass is 293 g/mol. The maximum absolute atomic E-state index is 10.5. The second kappa shape index (κ2) is 7.60. The Bertz CT molecular complexity index is 461. The van der Waals surface area contributed by atoms with Crippen LogP contribution in [0, 0.1) is 0 Å². The van der Waals surface area contributed by atoms with Gasteiger partial charge < -0.3 is 5.11 Å². The molecule has 0 saturated heterocycles. The van der Waals surface area contributed by atoms with Crippen LogP contribution in [0.2, 0.25) is 0 Å². The van der Waals surface area contributed by atoms with Gasteiger partial charge in [0.2, 0.25) is 0 Å². The lowest BCUT2D eigenvalue weighted by Gasteiger charge is -2.33. The summed E-state index contributed by atoms with van der Waals surface area (Å²) in [6.45, 7) is 4.31. The molecular weight excluding hydrogens is 270 g/mol. The molecule has 3 nitrogen and oxygen atoms in total. The minimum atomic E-state index is -0.893. The Balaban J connectivity index is 1.95. The molecule has 1 aromatic heterocycles. The average Bonchev–Trinajstić information content (AvgIpc) is 2.91. The lowest BCUT2D eigenvalue weighted by molar-refractivity contribution is -0.131. The first-order chi connectivity index (χ1) is 9.69. The second-order valence-electron chi connectivity index (χ2n) is 5.37. The van der Waals surface area contributed by atoms with E-state index in [1.54, 1.807) is 17.4 Å². The van der Waals surface area contributed by atoms with Crippen LogP contribution < -0.4 is 0 Å². The maximum atomic E-state index is 10.5. The smallest absolute Gasteiger partial charge is 0.328 e. The zero-order chi connectivity index (χ0) is 14.4. The van der Waals surface area contributed by atoms with E-state index in [4.69, 9.17) is 5.11 Å². The van der Waals surface area contributed by atoms with Crippen molar-refractivity contribution in [1.29, 1.82) is 0 Å². The predicted octanol–water partition coefficient (Wildman–Crippen LogP) is 4.00. The molecule has 0 amide bonds. The van der Waals surface area contributed by atoms with Gasteiger partial charge in [0, 0.05) is 23.5 Å². The van der Waals surface area contributed by atoms with Crippen molar-refractivity contribution < 1.29 is 9.90 Å². The van der Waals surface area contributed by atoms with E-state index in [0.29, 0.717) is 0 Å². The molecule has 2 rings (SSSR count). The Hall–Kier alpha value is -1.13. The highest BCUT2D eigenvalue weighted by Crippen LogP contribution is 2.25. The number of aliphatic carboxylic acids is 1. The van der Waals surface area contributed by atoms with Gasteiger partial charge in [0.25, 0.3) is 0 Å². The first-order valence-electron chi connectivity index (χ1n) is 7.41. The van der Waals surface area contributed by atoms with Crippen LogP contribution in [0.25, 0.3) is 6.08 Å². The number of carboxylic acid groups (broad SMARTS) is 1. The van der Waals surface area contributed by atoms with E-state index in [9.17, 15) is 4.79 Å². The van der Waals surface area contributed by atoms with E-state index in [2.05, 4.69) is 17.9 Å². The van der Waals surface area contributed by atoms with Crippen molar-refractivity contribution in [3.05, 3.63) is 28.0 Å². The normalized spacial score (nSPS) is 17.1. The number of carbonyl (C=O) groups is 1. The van der Waals surface area contributed by atoms with Crippen molar-refractivity contribution in [2.75, 3.05) is 6.54 Å². The van der Waals surface area contributed by atoms with Gasteiger partial charge in [0.05, 0.1) is 0 Å². The third-order valence-electron chi connectivity index (χ3n) is 3.95. The number of thiophene rings is 1. The van der Waals surface area contributed by atoms with E-state index in [0.717, 1.165) is 24.7 Å². The molecule has 0 aliphatic heterocycles. The summed E-state index contributed by atoms with van der Waals surface area (Å²) in [5.41, 5.74) is 0.993. The molecule has 110 valence electrons. The molecule has 0 radical (unpaired) electrons. The molecule has 1 fully saturated rings. The van der Waals surface area contributed by atoms with Crippen LogP contribution in [-0.4, -0.2) is 28.6 Å². The van der Waals surface area contributed by atoms with E-state index < -0.39 is 5.97 Å². The molecule has 1 aliphatic rings. The molecule has 1 N–H and O–H groups in total. The quantitative estimate of drug-likeness (QED) is 0.806. The molecule has 4 heteroatoms. The highest BCUT2D eigenvalue weighted by Gasteiger charge is 2.20. The molecule has 0 unspecified atom stereocenters. The zero-order valence-corrected chi connectivity index (χ0v) is 12.9. The molecule has 1 heterocycles. The molecule has 1 aliphatic carbocycles. The summed E-state index contributed by atoms with van der Waals surface area (Å²) in [4.78, 5) is 14.4. The second-order valence-corrected chi connectivity index (χ2v) is 6.37. The third-order valence-corrected chi connectivity index (χ3v) is 4.89. The van der Waals surface area contributed by atoms with Crippen molar-refractivity contribution in [3.8, 4) is 0 Å². The molecule has 0 aromatic carbocycles. The van der Waals surface area contributed by atoms with Gasteiger partial charge in [-0.3, -0.25) is 4.90 Å². The average molecular weight is 293 g/mol. The summed E-state index contributed by atoms with van der Waals surface area (Å²) in [7, 11) is 0. The Labute approximate surface area is 124 Å². The minimum absolute atomic E-state index is 0.730. The molecule has 0 atom stereocenters. The summed E-state index contributed by atoms with van der Waals surface area (Å²) in [5.74, 6) is -0.893. The molecule has 20 heavy (non-hydrogen) atoms. The summed E-state index contributed by atoms with van der Waals surface area (Å²) in [6.07, 6.45) is 9.62. The lowest BCUT2D eigenvalue weighted by atomic mass is 9.94. The summed E-state index contributed by atoms with van der Waals surface area (Å²) in [5, 5.41) is 10.7. The third kappa shape index (κ3) is 4.46. The van der Waals surface area contributed by atoms with Gasteiger partial charge in [0.15, 0.2) is 0 Å². The van der Waals surface area contributed by atoms with Crippen LogP contribution in [0.4, 0.5) is 0 Å². The Morgan fingerprint density at radius 2 is 2.20 bits per heavy atom. The first kappa shape index (κ1) is 15.3. The van der Waals surface area contributed by atoms with Gasteiger partial charge in [-0.1, -0.05) is 26.2 Å². The Morgan fingerprint density at radius 3 is 2.85 bits per heavy atom.